The van der Waals surface area contributed by atoms with Gasteiger partial charge in [0.05, 0.1) is 26.5 Å². The second-order valence-electron chi connectivity index (χ2n) is 9.16. The normalized spacial score (nSPS) is 14.1. The molecule has 0 aliphatic carbocycles. The number of aromatic nitrogens is 6. The number of nitrogens with one attached hydrogen (secondary N) is 1. The first-order valence-corrected chi connectivity index (χ1v) is 13.9. The number of oxazole rings is 1. The minimum Gasteiger partial charge on any atom is -0.496 e. The number of para-hydroxylation sites is 2. The van der Waals surface area contributed by atoms with Crippen LogP contribution in [0.5, 0.6) is 5.75 Å². The van der Waals surface area contributed by atoms with Crippen molar-refractivity contribution in [3.8, 4) is 11.6 Å². The number of fused-ring (bicyclic) bond motifs is 1. The molecule has 1 aliphatic rings. The summed E-state index contributed by atoms with van der Waals surface area (Å²) < 4.78 is 22.7. The third-order valence-corrected chi connectivity index (χ3v) is 7.31. The number of hydrazone groups is 1. The van der Waals surface area contributed by atoms with Crippen LogP contribution in [0.1, 0.15) is 27.3 Å². The smallest absolute Gasteiger partial charge is 0.292 e. The zero-order valence-corrected chi connectivity index (χ0v) is 23.3. The van der Waals surface area contributed by atoms with Crippen molar-refractivity contribution >= 4 is 40.8 Å². The van der Waals surface area contributed by atoms with Crippen LogP contribution in [-0.4, -0.2) is 80.7 Å². The van der Waals surface area contributed by atoms with Crippen molar-refractivity contribution in [1.29, 1.82) is 0 Å². The van der Waals surface area contributed by atoms with E-state index in [1.165, 1.54) is 22.7 Å². The van der Waals surface area contributed by atoms with Crippen molar-refractivity contribution in [2.24, 2.45) is 5.10 Å². The van der Waals surface area contributed by atoms with Crippen LogP contribution in [0.3, 0.4) is 0 Å². The highest BCUT2D eigenvalue weighted by atomic mass is 32.2. The van der Waals surface area contributed by atoms with Crippen molar-refractivity contribution in [3.63, 3.8) is 0 Å². The molecular weight excluding hydrogens is 564 g/mol. The fraction of sp³-hybridized carbons (Fsp3) is 0.269. The Labute approximate surface area is 243 Å². The number of anilines is 1. The summed E-state index contributed by atoms with van der Waals surface area (Å²) in [6.45, 7) is 2.96. The van der Waals surface area contributed by atoms with E-state index in [9.17, 15) is 4.79 Å². The summed E-state index contributed by atoms with van der Waals surface area (Å²) in [6, 6.07) is 13.2. The minimum absolute atomic E-state index is 0.0307. The summed E-state index contributed by atoms with van der Waals surface area (Å²) >= 11 is 1.45. The lowest BCUT2D eigenvalue weighted by Gasteiger charge is -2.25. The molecule has 3 N–H and O–H groups in total. The van der Waals surface area contributed by atoms with Gasteiger partial charge in [-0.3, -0.25) is 9.69 Å². The molecule has 0 bridgehead atoms. The Bertz CT molecular complexity index is 1690. The summed E-state index contributed by atoms with van der Waals surface area (Å²) in [7, 11) is 1.61. The molecule has 4 heterocycles. The van der Waals surface area contributed by atoms with Crippen LogP contribution >= 0.6 is 11.8 Å². The van der Waals surface area contributed by atoms with Crippen molar-refractivity contribution in [1.82, 2.24) is 40.6 Å². The van der Waals surface area contributed by atoms with Gasteiger partial charge in [0.25, 0.3) is 11.1 Å². The Morgan fingerprint density at radius 3 is 2.86 bits per heavy atom. The number of nitrogens with zero attached hydrogens (tertiary/aromatic N) is 8. The Morgan fingerprint density at radius 2 is 2.07 bits per heavy atom. The number of thioether (sulfide) groups is 1. The van der Waals surface area contributed by atoms with E-state index in [0.29, 0.717) is 55.3 Å². The van der Waals surface area contributed by atoms with Crippen LogP contribution in [0.2, 0.25) is 0 Å². The van der Waals surface area contributed by atoms with Gasteiger partial charge in [0.1, 0.15) is 17.0 Å². The maximum atomic E-state index is 13.4. The van der Waals surface area contributed by atoms with Gasteiger partial charge < -0.3 is 19.6 Å². The van der Waals surface area contributed by atoms with Gasteiger partial charge in [-0.25, -0.2) is 15.0 Å². The molecule has 0 radical (unpaired) electrons. The summed E-state index contributed by atoms with van der Waals surface area (Å²) in [4.78, 5) is 20.0. The molecule has 0 spiro atoms. The second kappa shape index (κ2) is 12.4. The zero-order chi connectivity index (χ0) is 28.9. The molecule has 1 aliphatic heterocycles. The van der Waals surface area contributed by atoms with E-state index in [4.69, 9.17) is 24.3 Å². The molecule has 42 heavy (non-hydrogen) atoms. The number of nitrogen functional groups attached to an aromatic ring is 1. The first-order valence-electron chi connectivity index (χ1n) is 12.9. The Balaban J connectivity index is 1.18. The topological polar surface area (TPSA) is 185 Å². The largest absolute Gasteiger partial charge is 0.496 e. The Kier molecular flexibility index (Phi) is 8.07. The predicted octanol–water partition coefficient (Wildman–Crippen LogP) is 2.27. The SMILES string of the molecule is COc1ccc(/C=N\NC(=O)c2c(CN3CCOCC3)nnn2-c2nonc2N)cc1CSc1nc2ccccc2o1. The Hall–Kier alpha value is -4.80. The molecule has 6 rings (SSSR count). The van der Waals surface area contributed by atoms with E-state index < -0.39 is 5.91 Å². The maximum Gasteiger partial charge on any atom is 0.292 e. The van der Waals surface area contributed by atoms with Gasteiger partial charge in [-0.2, -0.15) is 9.78 Å². The lowest BCUT2D eigenvalue weighted by molar-refractivity contribution is 0.0335. The van der Waals surface area contributed by atoms with E-state index in [1.54, 1.807) is 7.11 Å². The van der Waals surface area contributed by atoms with Crippen LogP contribution in [0, 0.1) is 0 Å². The number of amides is 1. The van der Waals surface area contributed by atoms with Gasteiger partial charge in [-0.1, -0.05) is 29.1 Å². The van der Waals surface area contributed by atoms with Gasteiger partial charge in [-0.15, -0.1) is 5.10 Å². The standard InChI is InChI=1S/C26H26N10O5S/c1-38-20-7-6-16(12-17(20)15-42-26-29-18-4-2-3-5-21(18)40-26)13-28-31-25(37)22-19(14-35-8-10-39-11-9-35)30-34-36(22)24-23(27)32-41-33-24/h2-7,12-13H,8-11,14-15H2,1H3,(H2,27,32)(H,31,37)/b28-13-. The molecular formula is C26H26N10O5S. The van der Waals surface area contributed by atoms with Crippen LogP contribution in [0.25, 0.3) is 16.9 Å². The average molecular weight is 591 g/mol. The van der Waals surface area contributed by atoms with E-state index in [-0.39, 0.29) is 17.3 Å². The van der Waals surface area contributed by atoms with Gasteiger partial charge in [0.15, 0.2) is 11.3 Å². The first-order chi connectivity index (χ1) is 20.6. The number of ether oxygens (including phenoxy) is 2. The Morgan fingerprint density at radius 1 is 1.21 bits per heavy atom. The molecule has 5 aromatic rings. The van der Waals surface area contributed by atoms with Crippen LogP contribution < -0.4 is 15.9 Å². The number of nitrogens with two attached hydrogens (primary N) is 1. The van der Waals surface area contributed by atoms with E-state index in [2.05, 4.69) is 41.0 Å². The van der Waals surface area contributed by atoms with Gasteiger partial charge in [0, 0.05) is 31.0 Å². The highest BCUT2D eigenvalue weighted by Crippen LogP contribution is 2.30. The second-order valence-corrected chi connectivity index (χ2v) is 10.1. The van der Waals surface area contributed by atoms with Gasteiger partial charge in [0.2, 0.25) is 11.6 Å². The summed E-state index contributed by atoms with van der Waals surface area (Å²) in [5.74, 6) is 0.730. The molecule has 1 saturated heterocycles. The third kappa shape index (κ3) is 5.95. The number of morpholine rings is 1. The zero-order valence-electron chi connectivity index (χ0n) is 22.5. The highest BCUT2D eigenvalue weighted by Gasteiger charge is 2.26. The van der Waals surface area contributed by atoms with Crippen LogP contribution in [0.4, 0.5) is 5.82 Å². The molecule has 15 nitrogen and oxygen atoms in total. The molecule has 16 heteroatoms. The monoisotopic (exact) mass is 590 g/mol. The molecule has 3 aromatic heterocycles. The number of hydrogen-bond donors (Lipinski definition) is 2. The number of rotatable bonds is 10. The van der Waals surface area contributed by atoms with Crippen molar-refractivity contribution in [3.05, 3.63) is 65.0 Å². The summed E-state index contributed by atoms with van der Waals surface area (Å²) in [5, 5.41) is 20.4. The minimum atomic E-state index is -0.554. The third-order valence-electron chi connectivity index (χ3n) is 6.44. The molecule has 0 saturated carbocycles. The number of carbonyl (C=O) groups excluding carboxylic acids is 1. The first kappa shape index (κ1) is 27.4. The average Bonchev–Trinajstić information content (AvgIpc) is 3.74. The molecule has 0 atom stereocenters. The molecule has 1 amide bonds. The van der Waals surface area contributed by atoms with E-state index in [1.807, 2.05) is 42.5 Å². The van der Waals surface area contributed by atoms with Gasteiger partial charge in [-0.05, 0) is 46.2 Å². The van der Waals surface area contributed by atoms with Gasteiger partial charge >= 0.3 is 0 Å². The fourth-order valence-electron chi connectivity index (χ4n) is 4.37. The fourth-order valence-corrected chi connectivity index (χ4v) is 5.18. The lowest BCUT2D eigenvalue weighted by Crippen LogP contribution is -2.36. The highest BCUT2D eigenvalue weighted by molar-refractivity contribution is 7.98. The predicted molar refractivity (Wildman–Crippen MR) is 151 cm³/mol. The van der Waals surface area contributed by atoms with Crippen molar-refractivity contribution < 1.29 is 23.3 Å². The molecule has 1 fully saturated rings. The molecule has 2 aromatic carbocycles. The number of hydrogen-bond acceptors (Lipinski definition) is 14. The van der Waals surface area contributed by atoms with E-state index >= 15 is 0 Å². The van der Waals surface area contributed by atoms with E-state index in [0.717, 1.165) is 22.2 Å². The quantitative estimate of drug-likeness (QED) is 0.137. The number of benzene rings is 2. The lowest BCUT2D eigenvalue weighted by atomic mass is 10.1. The maximum absolute atomic E-state index is 13.4. The van der Waals surface area contributed by atoms with Crippen LogP contribution in [0.15, 0.2) is 61.8 Å². The summed E-state index contributed by atoms with van der Waals surface area (Å²) in [5.41, 5.74) is 12.2. The molecule has 216 valence electrons. The summed E-state index contributed by atoms with van der Waals surface area (Å²) in [6.07, 6.45) is 1.53. The molecule has 0 unspecified atom stereocenters. The van der Waals surface area contributed by atoms with Crippen molar-refractivity contribution in [2.45, 2.75) is 17.5 Å². The van der Waals surface area contributed by atoms with Crippen molar-refractivity contribution in [2.75, 3.05) is 39.1 Å². The number of carbonyl (C=O) groups is 1. The number of methoxy groups -OCH3 is 1. The van der Waals surface area contributed by atoms with Crippen LogP contribution in [-0.2, 0) is 17.0 Å².